The fraction of sp³-hybridized carbons (Fsp3) is 0.400. The highest BCUT2D eigenvalue weighted by atomic mass is 15.4. The zero-order chi connectivity index (χ0) is 15.2. The van der Waals surface area contributed by atoms with Crippen molar-refractivity contribution in [1.82, 2.24) is 0 Å². The minimum atomic E-state index is 0.989. The molecule has 1 aliphatic rings. The van der Waals surface area contributed by atoms with Crippen molar-refractivity contribution < 1.29 is 0 Å². The lowest BCUT2D eigenvalue weighted by atomic mass is 10.2. The van der Waals surface area contributed by atoms with Crippen LogP contribution in [0.5, 0.6) is 0 Å². The lowest BCUT2D eigenvalue weighted by Crippen LogP contribution is -2.31. The Morgan fingerprint density at radius 3 is 2.18 bits per heavy atom. The standard InChI is InChI=1S/C20H26N2/c1-2-3-4-10-15-21-17-22(16-18-11-6-5-7-12-18)20-14-9-8-13-19(20)21/h5-9,11-14H,2-4,10,15-17H2,1H3. The van der Waals surface area contributed by atoms with E-state index in [1.54, 1.807) is 0 Å². The number of benzene rings is 2. The Morgan fingerprint density at radius 1 is 0.773 bits per heavy atom. The van der Waals surface area contributed by atoms with Gasteiger partial charge in [-0.3, -0.25) is 0 Å². The van der Waals surface area contributed by atoms with Crippen LogP contribution in [0.4, 0.5) is 11.4 Å². The highest BCUT2D eigenvalue weighted by Crippen LogP contribution is 2.36. The molecule has 0 amide bonds. The van der Waals surface area contributed by atoms with Gasteiger partial charge in [0.1, 0.15) is 0 Å². The van der Waals surface area contributed by atoms with E-state index in [1.165, 1.54) is 49.2 Å². The van der Waals surface area contributed by atoms with Crippen molar-refractivity contribution in [1.29, 1.82) is 0 Å². The minimum absolute atomic E-state index is 0.989. The molecular formula is C20H26N2. The highest BCUT2D eigenvalue weighted by molar-refractivity contribution is 5.76. The van der Waals surface area contributed by atoms with Gasteiger partial charge in [-0.25, -0.2) is 0 Å². The highest BCUT2D eigenvalue weighted by Gasteiger charge is 2.24. The molecule has 0 aromatic heterocycles. The van der Waals surface area contributed by atoms with Crippen molar-refractivity contribution in [2.45, 2.75) is 39.2 Å². The number of rotatable bonds is 7. The van der Waals surface area contributed by atoms with E-state index in [4.69, 9.17) is 0 Å². The van der Waals surface area contributed by atoms with E-state index in [9.17, 15) is 0 Å². The molecule has 2 aromatic carbocycles. The molecule has 0 unspecified atom stereocenters. The predicted octanol–water partition coefficient (Wildman–Crippen LogP) is 5.05. The maximum atomic E-state index is 2.54. The van der Waals surface area contributed by atoms with Gasteiger partial charge in [0.15, 0.2) is 0 Å². The molecule has 0 fully saturated rings. The first-order chi connectivity index (χ1) is 10.9. The number of hydrogen-bond acceptors (Lipinski definition) is 2. The summed E-state index contributed by atoms with van der Waals surface area (Å²) in [5, 5.41) is 0. The third-order valence-electron chi connectivity index (χ3n) is 4.40. The molecule has 0 bridgehead atoms. The van der Waals surface area contributed by atoms with Crippen molar-refractivity contribution in [3.05, 3.63) is 60.2 Å². The number of nitrogens with zero attached hydrogens (tertiary/aromatic N) is 2. The summed E-state index contributed by atoms with van der Waals surface area (Å²) in [4.78, 5) is 5.03. The summed E-state index contributed by atoms with van der Waals surface area (Å²) in [7, 11) is 0. The topological polar surface area (TPSA) is 6.48 Å². The number of unbranched alkanes of at least 4 members (excludes halogenated alkanes) is 3. The molecule has 0 saturated heterocycles. The summed E-state index contributed by atoms with van der Waals surface area (Å²) in [5.74, 6) is 0. The Balaban J connectivity index is 1.68. The van der Waals surface area contributed by atoms with E-state index in [1.807, 2.05) is 0 Å². The largest absolute Gasteiger partial charge is 0.352 e. The molecule has 1 heterocycles. The molecule has 0 radical (unpaired) electrons. The van der Waals surface area contributed by atoms with Crippen molar-refractivity contribution in [3.63, 3.8) is 0 Å². The second kappa shape index (κ2) is 7.35. The molecule has 2 heteroatoms. The van der Waals surface area contributed by atoms with Gasteiger partial charge in [-0.05, 0) is 24.1 Å². The maximum absolute atomic E-state index is 2.54. The van der Waals surface area contributed by atoms with Crippen molar-refractivity contribution >= 4 is 11.4 Å². The molecule has 2 aromatic rings. The summed E-state index contributed by atoms with van der Waals surface area (Å²) in [5.41, 5.74) is 4.15. The molecule has 3 rings (SSSR count). The Kier molecular flexibility index (Phi) is 4.99. The summed E-state index contributed by atoms with van der Waals surface area (Å²) < 4.78 is 0. The molecular weight excluding hydrogens is 268 g/mol. The van der Waals surface area contributed by atoms with Crippen molar-refractivity contribution in [2.24, 2.45) is 0 Å². The number of para-hydroxylation sites is 2. The van der Waals surface area contributed by atoms with Gasteiger partial charge in [0.05, 0.1) is 18.0 Å². The van der Waals surface area contributed by atoms with E-state index in [2.05, 4.69) is 71.3 Å². The van der Waals surface area contributed by atoms with E-state index >= 15 is 0 Å². The van der Waals surface area contributed by atoms with E-state index in [0.29, 0.717) is 0 Å². The molecule has 0 aliphatic carbocycles. The van der Waals surface area contributed by atoms with Gasteiger partial charge in [0.2, 0.25) is 0 Å². The van der Waals surface area contributed by atoms with Crippen molar-refractivity contribution in [3.8, 4) is 0 Å². The van der Waals surface area contributed by atoms with Crippen LogP contribution in [0, 0.1) is 0 Å². The third-order valence-corrected chi connectivity index (χ3v) is 4.40. The van der Waals surface area contributed by atoms with Gasteiger partial charge in [-0.2, -0.15) is 0 Å². The summed E-state index contributed by atoms with van der Waals surface area (Å²) in [6.07, 6.45) is 5.29. The maximum Gasteiger partial charge on any atom is 0.0907 e. The molecule has 1 aliphatic heterocycles. The number of hydrogen-bond donors (Lipinski definition) is 0. The van der Waals surface area contributed by atoms with Crippen LogP contribution >= 0.6 is 0 Å². The molecule has 0 saturated carbocycles. The second-order valence-electron chi connectivity index (χ2n) is 6.14. The normalized spacial score (nSPS) is 13.5. The zero-order valence-corrected chi connectivity index (χ0v) is 13.5. The van der Waals surface area contributed by atoms with Gasteiger partial charge in [0, 0.05) is 13.1 Å². The zero-order valence-electron chi connectivity index (χ0n) is 13.5. The number of anilines is 2. The third kappa shape index (κ3) is 3.44. The van der Waals surface area contributed by atoms with Crippen LogP contribution in [0.2, 0.25) is 0 Å². The summed E-state index contributed by atoms with van der Waals surface area (Å²) in [6, 6.07) is 19.6. The first-order valence-electron chi connectivity index (χ1n) is 8.51. The Bertz CT molecular complexity index is 579. The Labute approximate surface area is 134 Å². The number of fused-ring (bicyclic) bond motifs is 1. The van der Waals surface area contributed by atoms with Crippen LogP contribution in [-0.2, 0) is 6.54 Å². The fourth-order valence-electron chi connectivity index (χ4n) is 3.22. The van der Waals surface area contributed by atoms with E-state index < -0.39 is 0 Å². The lowest BCUT2D eigenvalue weighted by molar-refractivity contribution is 0.644. The van der Waals surface area contributed by atoms with E-state index in [-0.39, 0.29) is 0 Å². The fourth-order valence-corrected chi connectivity index (χ4v) is 3.22. The van der Waals surface area contributed by atoms with Crippen LogP contribution in [0.1, 0.15) is 38.2 Å². The van der Waals surface area contributed by atoms with Crippen LogP contribution in [0.3, 0.4) is 0 Å². The molecule has 22 heavy (non-hydrogen) atoms. The lowest BCUT2D eigenvalue weighted by Gasteiger charge is -2.22. The summed E-state index contributed by atoms with van der Waals surface area (Å²) in [6.45, 7) is 5.44. The first kappa shape index (κ1) is 15.0. The van der Waals surface area contributed by atoms with Gasteiger partial charge in [-0.15, -0.1) is 0 Å². The van der Waals surface area contributed by atoms with Gasteiger partial charge in [0.25, 0.3) is 0 Å². The first-order valence-corrected chi connectivity index (χ1v) is 8.51. The SMILES string of the molecule is CCCCCCN1CN(Cc2ccccc2)c2ccccc21. The van der Waals surface area contributed by atoms with Crippen LogP contribution in [0.15, 0.2) is 54.6 Å². The smallest absolute Gasteiger partial charge is 0.0907 e. The van der Waals surface area contributed by atoms with Gasteiger partial charge >= 0.3 is 0 Å². The van der Waals surface area contributed by atoms with Crippen LogP contribution < -0.4 is 9.80 Å². The molecule has 116 valence electrons. The van der Waals surface area contributed by atoms with Crippen molar-refractivity contribution in [2.75, 3.05) is 23.0 Å². The van der Waals surface area contributed by atoms with Gasteiger partial charge in [-0.1, -0.05) is 68.7 Å². The quantitative estimate of drug-likeness (QED) is 0.659. The van der Waals surface area contributed by atoms with Gasteiger partial charge < -0.3 is 9.80 Å². The Hall–Kier alpha value is -1.96. The van der Waals surface area contributed by atoms with Crippen LogP contribution in [0.25, 0.3) is 0 Å². The average molecular weight is 294 g/mol. The molecule has 0 atom stereocenters. The molecule has 0 spiro atoms. The van der Waals surface area contributed by atoms with Crippen LogP contribution in [-0.4, -0.2) is 13.2 Å². The Morgan fingerprint density at radius 2 is 1.45 bits per heavy atom. The molecule has 0 N–H and O–H groups in total. The van der Waals surface area contributed by atoms with E-state index in [0.717, 1.165) is 13.2 Å². The minimum Gasteiger partial charge on any atom is -0.352 e. The molecule has 2 nitrogen and oxygen atoms in total. The second-order valence-corrected chi connectivity index (χ2v) is 6.14. The monoisotopic (exact) mass is 294 g/mol. The average Bonchev–Trinajstić information content (AvgIpc) is 2.91. The predicted molar refractivity (Wildman–Crippen MR) is 95.4 cm³/mol. The summed E-state index contributed by atoms with van der Waals surface area (Å²) >= 11 is 0.